The number of allylic oxidation sites excluding steroid dienone is 8. The van der Waals surface area contributed by atoms with Crippen molar-refractivity contribution in [3.05, 3.63) is 48.1 Å². The summed E-state index contributed by atoms with van der Waals surface area (Å²) in [6.07, 6.45) is 19.6. The van der Waals surface area contributed by atoms with Crippen LogP contribution in [0.25, 0.3) is 0 Å². The Morgan fingerprint density at radius 3 is 2.60 bits per heavy atom. The monoisotopic (exact) mass is 200 g/mol. The molecule has 1 unspecified atom stereocenters. The van der Waals surface area contributed by atoms with E-state index >= 15 is 0 Å². The molecule has 0 N–H and O–H groups in total. The smallest absolute Gasteiger partial charge is 0.00410 e. The normalized spacial score (nSPS) is 25.5. The van der Waals surface area contributed by atoms with Gasteiger partial charge in [-0.15, -0.1) is 0 Å². The van der Waals surface area contributed by atoms with Gasteiger partial charge in [-0.3, -0.25) is 0 Å². The van der Waals surface area contributed by atoms with Crippen LogP contribution in [0.1, 0.15) is 33.1 Å². The van der Waals surface area contributed by atoms with Gasteiger partial charge in [-0.1, -0.05) is 56.4 Å². The number of hydrogen-bond donors (Lipinski definition) is 0. The van der Waals surface area contributed by atoms with Crippen molar-refractivity contribution >= 4 is 0 Å². The molecule has 0 saturated heterocycles. The molecule has 0 aromatic rings. The van der Waals surface area contributed by atoms with E-state index < -0.39 is 0 Å². The van der Waals surface area contributed by atoms with Crippen LogP contribution in [0.5, 0.6) is 0 Å². The topological polar surface area (TPSA) is 0 Å². The highest BCUT2D eigenvalue weighted by Gasteiger charge is 2.30. The maximum absolute atomic E-state index is 2.41. The standard InChI is InChI=1S/C15H20/c1-15(2,13-9-5-3-6-10-13)14-11-7-4-8-12-14/h3,5-7,9,11-13H,4,8,10H2,1-2H3. The van der Waals surface area contributed by atoms with E-state index in [4.69, 9.17) is 0 Å². The molecule has 0 aromatic heterocycles. The van der Waals surface area contributed by atoms with Crippen molar-refractivity contribution in [2.45, 2.75) is 33.1 Å². The third kappa shape index (κ3) is 2.14. The van der Waals surface area contributed by atoms with E-state index in [1.54, 1.807) is 0 Å². The van der Waals surface area contributed by atoms with Crippen LogP contribution >= 0.6 is 0 Å². The van der Waals surface area contributed by atoms with Crippen LogP contribution in [0, 0.1) is 11.3 Å². The Kier molecular flexibility index (Phi) is 2.95. The number of rotatable bonds is 2. The first-order chi connectivity index (χ1) is 7.21. The molecule has 15 heavy (non-hydrogen) atoms. The van der Waals surface area contributed by atoms with Gasteiger partial charge in [-0.2, -0.15) is 0 Å². The van der Waals surface area contributed by atoms with Crippen molar-refractivity contribution in [1.29, 1.82) is 0 Å². The lowest BCUT2D eigenvalue weighted by atomic mass is 9.69. The van der Waals surface area contributed by atoms with Crippen LogP contribution in [-0.2, 0) is 0 Å². The van der Waals surface area contributed by atoms with E-state index in [0.717, 1.165) is 0 Å². The molecule has 0 spiro atoms. The fourth-order valence-corrected chi connectivity index (χ4v) is 2.42. The zero-order chi connectivity index (χ0) is 10.7. The van der Waals surface area contributed by atoms with Crippen molar-refractivity contribution in [3.63, 3.8) is 0 Å². The zero-order valence-corrected chi connectivity index (χ0v) is 9.74. The van der Waals surface area contributed by atoms with Gasteiger partial charge in [0.2, 0.25) is 0 Å². The predicted octanol–water partition coefficient (Wildman–Crippen LogP) is 4.42. The zero-order valence-electron chi connectivity index (χ0n) is 9.74. The van der Waals surface area contributed by atoms with Gasteiger partial charge in [-0.25, -0.2) is 0 Å². The summed E-state index contributed by atoms with van der Waals surface area (Å²) in [5.74, 6) is 0.650. The van der Waals surface area contributed by atoms with Crippen LogP contribution in [0.15, 0.2) is 48.1 Å². The van der Waals surface area contributed by atoms with Crippen molar-refractivity contribution in [2.24, 2.45) is 11.3 Å². The molecule has 0 amide bonds. The SMILES string of the molecule is CC(C)(C1=CCCC=C1)C1C=CC=CC1. The largest absolute Gasteiger partial charge is 0.0839 e. The number of hydrogen-bond acceptors (Lipinski definition) is 0. The molecule has 0 fully saturated rings. The predicted molar refractivity (Wildman–Crippen MR) is 66.6 cm³/mol. The van der Waals surface area contributed by atoms with E-state index in [-0.39, 0.29) is 5.41 Å². The summed E-state index contributed by atoms with van der Waals surface area (Å²) in [4.78, 5) is 0. The Morgan fingerprint density at radius 1 is 1.13 bits per heavy atom. The summed E-state index contributed by atoms with van der Waals surface area (Å²) in [6, 6.07) is 0. The molecule has 0 bridgehead atoms. The average Bonchev–Trinajstić information content (AvgIpc) is 2.31. The van der Waals surface area contributed by atoms with Gasteiger partial charge >= 0.3 is 0 Å². The van der Waals surface area contributed by atoms with Gasteiger partial charge in [0.25, 0.3) is 0 Å². The fourth-order valence-electron chi connectivity index (χ4n) is 2.42. The van der Waals surface area contributed by atoms with Gasteiger partial charge in [0.1, 0.15) is 0 Å². The maximum Gasteiger partial charge on any atom is -0.00410 e. The third-order valence-corrected chi connectivity index (χ3v) is 3.65. The molecule has 0 nitrogen and oxygen atoms in total. The molecule has 1 atom stereocenters. The van der Waals surface area contributed by atoms with Gasteiger partial charge in [-0.05, 0) is 36.2 Å². The molecule has 0 saturated carbocycles. The second kappa shape index (κ2) is 4.22. The molecule has 2 aliphatic carbocycles. The van der Waals surface area contributed by atoms with Gasteiger partial charge < -0.3 is 0 Å². The maximum atomic E-state index is 2.41. The summed E-state index contributed by atoms with van der Waals surface area (Å²) >= 11 is 0. The molecular weight excluding hydrogens is 180 g/mol. The van der Waals surface area contributed by atoms with E-state index in [1.807, 2.05) is 0 Å². The van der Waals surface area contributed by atoms with E-state index in [2.05, 4.69) is 56.4 Å². The Balaban J connectivity index is 2.18. The van der Waals surface area contributed by atoms with Crippen LogP contribution in [0.2, 0.25) is 0 Å². The van der Waals surface area contributed by atoms with Gasteiger partial charge in [0, 0.05) is 0 Å². The Bertz CT molecular complexity index is 337. The lowest BCUT2D eigenvalue weighted by molar-refractivity contribution is 0.325. The molecule has 2 aliphatic rings. The average molecular weight is 200 g/mol. The van der Waals surface area contributed by atoms with E-state index in [1.165, 1.54) is 24.8 Å². The van der Waals surface area contributed by atoms with Crippen LogP contribution < -0.4 is 0 Å². The van der Waals surface area contributed by atoms with E-state index in [9.17, 15) is 0 Å². The minimum atomic E-state index is 0.276. The Morgan fingerprint density at radius 2 is 2.00 bits per heavy atom. The van der Waals surface area contributed by atoms with Crippen molar-refractivity contribution in [3.8, 4) is 0 Å². The Labute approximate surface area is 93.1 Å². The first kappa shape index (κ1) is 10.5. The summed E-state index contributed by atoms with van der Waals surface area (Å²) in [6.45, 7) is 4.73. The van der Waals surface area contributed by atoms with Crippen molar-refractivity contribution < 1.29 is 0 Å². The minimum Gasteiger partial charge on any atom is -0.0839 e. The van der Waals surface area contributed by atoms with Crippen LogP contribution in [-0.4, -0.2) is 0 Å². The van der Waals surface area contributed by atoms with Gasteiger partial charge in [0.05, 0.1) is 0 Å². The Hall–Kier alpha value is -1.04. The molecule has 0 radical (unpaired) electrons. The highest BCUT2D eigenvalue weighted by atomic mass is 14.3. The highest BCUT2D eigenvalue weighted by Crippen LogP contribution is 2.41. The summed E-state index contributed by atoms with van der Waals surface area (Å²) in [7, 11) is 0. The fraction of sp³-hybridized carbons (Fsp3) is 0.467. The second-order valence-corrected chi connectivity index (χ2v) is 5.02. The quantitative estimate of drug-likeness (QED) is 0.619. The van der Waals surface area contributed by atoms with Crippen molar-refractivity contribution in [2.75, 3.05) is 0 Å². The molecular formula is C15H20. The third-order valence-electron chi connectivity index (χ3n) is 3.65. The van der Waals surface area contributed by atoms with Crippen LogP contribution in [0.4, 0.5) is 0 Å². The first-order valence-electron chi connectivity index (χ1n) is 5.92. The molecule has 80 valence electrons. The lowest BCUT2D eigenvalue weighted by Crippen LogP contribution is -2.25. The molecule has 2 rings (SSSR count). The molecule has 0 aromatic carbocycles. The minimum absolute atomic E-state index is 0.276. The van der Waals surface area contributed by atoms with E-state index in [0.29, 0.717) is 5.92 Å². The summed E-state index contributed by atoms with van der Waals surface area (Å²) in [5.41, 5.74) is 1.79. The molecule has 0 heterocycles. The molecule has 0 aliphatic heterocycles. The molecule has 0 heteroatoms. The summed E-state index contributed by atoms with van der Waals surface area (Å²) in [5, 5.41) is 0. The summed E-state index contributed by atoms with van der Waals surface area (Å²) < 4.78 is 0. The second-order valence-electron chi connectivity index (χ2n) is 5.02. The van der Waals surface area contributed by atoms with Crippen molar-refractivity contribution in [1.82, 2.24) is 0 Å². The highest BCUT2D eigenvalue weighted by molar-refractivity contribution is 5.31. The lowest BCUT2D eigenvalue weighted by Gasteiger charge is -2.35. The van der Waals surface area contributed by atoms with Crippen LogP contribution in [0.3, 0.4) is 0 Å². The first-order valence-corrected chi connectivity index (χ1v) is 5.92. The van der Waals surface area contributed by atoms with Gasteiger partial charge in [0.15, 0.2) is 0 Å².